The summed E-state index contributed by atoms with van der Waals surface area (Å²) < 4.78 is 5.52. The predicted octanol–water partition coefficient (Wildman–Crippen LogP) is 5.32. The lowest BCUT2D eigenvalue weighted by Crippen LogP contribution is -2.25. The Morgan fingerprint density at radius 3 is 2.49 bits per heavy atom. The van der Waals surface area contributed by atoms with Gasteiger partial charge in [0.2, 0.25) is 0 Å². The summed E-state index contributed by atoms with van der Waals surface area (Å²) in [4.78, 5) is 24.5. The lowest BCUT2D eigenvalue weighted by atomic mass is 10.1. The van der Waals surface area contributed by atoms with E-state index in [2.05, 4.69) is 10.6 Å². The van der Waals surface area contributed by atoms with Gasteiger partial charge >= 0.3 is 0 Å². The Bertz CT molecular complexity index is 1230. The number of ether oxygens (including phenoxy) is 1. The van der Waals surface area contributed by atoms with E-state index in [0.29, 0.717) is 23.5 Å². The van der Waals surface area contributed by atoms with Crippen LogP contribution in [0.25, 0.3) is 6.08 Å². The van der Waals surface area contributed by atoms with Gasteiger partial charge in [-0.25, -0.2) is 0 Å². The number of aryl methyl sites for hydroxylation is 2. The van der Waals surface area contributed by atoms with Crippen molar-refractivity contribution in [1.82, 2.24) is 5.32 Å². The van der Waals surface area contributed by atoms with E-state index < -0.39 is 5.91 Å². The zero-order valence-corrected chi connectivity index (χ0v) is 20.1. The fourth-order valence-corrected chi connectivity index (χ4v) is 3.49. The first kappa shape index (κ1) is 25.5. The maximum Gasteiger partial charge on any atom is 0.262 e. The van der Waals surface area contributed by atoms with Crippen LogP contribution in [0.15, 0.2) is 78.4 Å². The summed E-state index contributed by atoms with van der Waals surface area (Å²) in [5.74, 6) is -0.430. The van der Waals surface area contributed by atoms with Gasteiger partial charge in [0, 0.05) is 12.2 Å². The zero-order chi connectivity index (χ0) is 25.0. The van der Waals surface area contributed by atoms with Gasteiger partial charge in [0.15, 0.2) is 6.61 Å². The van der Waals surface area contributed by atoms with Crippen LogP contribution in [-0.2, 0) is 16.0 Å². The monoisotopic (exact) mass is 487 g/mol. The van der Waals surface area contributed by atoms with Crippen molar-refractivity contribution in [3.8, 4) is 11.8 Å². The standard InChI is InChI=1S/C28H26ClN3O3/c1-20-9-12-24(13-10-20)32-27(33)19-35-26-14-11-22(17-25(26)29)16-23(18-30)28(34)31-15-5-8-21-6-3-2-4-7-21/h2-4,6-7,9-14,16-17H,5,8,15,19H2,1H3,(H,31,34)(H,32,33)/b23-16-. The molecule has 6 nitrogen and oxygen atoms in total. The van der Waals surface area contributed by atoms with Crippen molar-refractivity contribution >= 4 is 35.2 Å². The maximum atomic E-state index is 12.4. The minimum atomic E-state index is -0.440. The third-order valence-electron chi connectivity index (χ3n) is 5.10. The SMILES string of the molecule is Cc1ccc(NC(=O)COc2ccc(/C=C(/C#N)C(=O)NCCCc3ccccc3)cc2Cl)cc1. The van der Waals surface area contributed by atoms with Crippen LogP contribution >= 0.6 is 11.6 Å². The van der Waals surface area contributed by atoms with Crippen LogP contribution in [0.4, 0.5) is 5.69 Å². The maximum absolute atomic E-state index is 12.4. The van der Waals surface area contributed by atoms with Crippen LogP contribution in [0.5, 0.6) is 5.75 Å². The highest BCUT2D eigenvalue weighted by molar-refractivity contribution is 6.32. The van der Waals surface area contributed by atoms with E-state index >= 15 is 0 Å². The fraction of sp³-hybridized carbons (Fsp3) is 0.179. The molecule has 2 amide bonds. The number of anilines is 1. The lowest BCUT2D eigenvalue weighted by Gasteiger charge is -2.10. The van der Waals surface area contributed by atoms with Crippen molar-refractivity contribution in [3.05, 3.63) is 100 Å². The van der Waals surface area contributed by atoms with Gasteiger partial charge in [-0.05, 0) is 61.2 Å². The molecule has 0 aliphatic heterocycles. The molecule has 2 N–H and O–H groups in total. The molecule has 0 unspecified atom stereocenters. The van der Waals surface area contributed by atoms with Crippen molar-refractivity contribution in [2.45, 2.75) is 19.8 Å². The summed E-state index contributed by atoms with van der Waals surface area (Å²) in [6.07, 6.45) is 3.07. The molecule has 3 aromatic carbocycles. The van der Waals surface area contributed by atoms with Gasteiger partial charge in [-0.15, -0.1) is 0 Å². The van der Waals surface area contributed by atoms with Crippen LogP contribution in [0, 0.1) is 18.3 Å². The molecule has 0 heterocycles. The van der Waals surface area contributed by atoms with E-state index in [-0.39, 0.29) is 23.1 Å². The molecule has 178 valence electrons. The molecule has 3 rings (SSSR count). The number of carbonyl (C=O) groups is 2. The van der Waals surface area contributed by atoms with Crippen LogP contribution < -0.4 is 15.4 Å². The summed E-state index contributed by atoms with van der Waals surface area (Å²) in [7, 11) is 0. The third-order valence-corrected chi connectivity index (χ3v) is 5.39. The fourth-order valence-electron chi connectivity index (χ4n) is 3.25. The lowest BCUT2D eigenvalue weighted by molar-refractivity contribution is -0.118. The summed E-state index contributed by atoms with van der Waals surface area (Å²) in [6, 6.07) is 24.2. The number of amides is 2. The molecule has 0 saturated carbocycles. The molecular formula is C28H26ClN3O3. The Morgan fingerprint density at radius 2 is 1.80 bits per heavy atom. The quantitative estimate of drug-likeness (QED) is 0.230. The van der Waals surface area contributed by atoms with Gasteiger partial charge in [0.25, 0.3) is 11.8 Å². The highest BCUT2D eigenvalue weighted by Crippen LogP contribution is 2.26. The van der Waals surface area contributed by atoms with E-state index in [1.54, 1.807) is 18.2 Å². The predicted molar refractivity (Wildman–Crippen MR) is 138 cm³/mol. The van der Waals surface area contributed by atoms with Crippen molar-refractivity contribution in [2.75, 3.05) is 18.5 Å². The first-order valence-electron chi connectivity index (χ1n) is 11.2. The molecule has 0 bridgehead atoms. The van der Waals surface area contributed by atoms with Gasteiger partial charge in [-0.2, -0.15) is 5.26 Å². The molecular weight excluding hydrogens is 462 g/mol. The molecule has 0 saturated heterocycles. The van der Waals surface area contributed by atoms with Gasteiger partial charge in [-0.3, -0.25) is 9.59 Å². The molecule has 35 heavy (non-hydrogen) atoms. The normalized spacial score (nSPS) is 10.8. The van der Waals surface area contributed by atoms with Gasteiger partial charge in [0.05, 0.1) is 5.02 Å². The minimum Gasteiger partial charge on any atom is -0.482 e. The average molecular weight is 488 g/mol. The highest BCUT2D eigenvalue weighted by atomic mass is 35.5. The zero-order valence-electron chi connectivity index (χ0n) is 19.4. The molecule has 0 spiro atoms. The third kappa shape index (κ3) is 8.33. The highest BCUT2D eigenvalue weighted by Gasteiger charge is 2.11. The van der Waals surface area contributed by atoms with E-state index in [4.69, 9.17) is 16.3 Å². The summed E-state index contributed by atoms with van der Waals surface area (Å²) in [5, 5.41) is 15.2. The number of carbonyl (C=O) groups excluding carboxylic acids is 2. The molecule has 0 atom stereocenters. The Balaban J connectivity index is 1.51. The molecule has 3 aromatic rings. The van der Waals surface area contributed by atoms with Crippen LogP contribution in [0.3, 0.4) is 0 Å². The Kier molecular flexibility index (Phi) is 9.47. The average Bonchev–Trinajstić information content (AvgIpc) is 2.86. The summed E-state index contributed by atoms with van der Waals surface area (Å²) >= 11 is 6.29. The van der Waals surface area contributed by atoms with Crippen molar-refractivity contribution < 1.29 is 14.3 Å². The molecule has 0 aromatic heterocycles. The van der Waals surface area contributed by atoms with Gasteiger partial charge in [0.1, 0.15) is 17.4 Å². The first-order chi connectivity index (χ1) is 16.9. The smallest absolute Gasteiger partial charge is 0.262 e. The summed E-state index contributed by atoms with van der Waals surface area (Å²) in [5.41, 5.74) is 3.52. The largest absolute Gasteiger partial charge is 0.482 e. The van der Waals surface area contributed by atoms with E-state index in [9.17, 15) is 14.9 Å². The summed E-state index contributed by atoms with van der Waals surface area (Å²) in [6.45, 7) is 2.22. The minimum absolute atomic E-state index is 0.0214. The van der Waals surface area contributed by atoms with E-state index in [1.165, 1.54) is 11.6 Å². The second-order valence-corrected chi connectivity index (χ2v) is 8.31. The first-order valence-corrected chi connectivity index (χ1v) is 11.5. The Morgan fingerprint density at radius 1 is 1.06 bits per heavy atom. The number of rotatable bonds is 10. The van der Waals surface area contributed by atoms with E-state index in [1.807, 2.05) is 67.6 Å². The van der Waals surface area contributed by atoms with Crippen LogP contribution in [0.1, 0.15) is 23.1 Å². The number of nitrogens with one attached hydrogen (secondary N) is 2. The van der Waals surface area contributed by atoms with Crippen molar-refractivity contribution in [3.63, 3.8) is 0 Å². The molecule has 0 aliphatic carbocycles. The second-order valence-electron chi connectivity index (χ2n) is 7.91. The molecule has 7 heteroatoms. The number of benzene rings is 3. The number of hydrogen-bond acceptors (Lipinski definition) is 4. The number of hydrogen-bond donors (Lipinski definition) is 2. The number of nitriles is 1. The van der Waals surface area contributed by atoms with Gasteiger partial charge < -0.3 is 15.4 Å². The Labute approximate surface area is 210 Å². The topological polar surface area (TPSA) is 91.2 Å². The molecule has 0 radical (unpaired) electrons. The number of nitrogens with zero attached hydrogens (tertiary/aromatic N) is 1. The second kappa shape index (κ2) is 13.0. The van der Waals surface area contributed by atoms with Crippen molar-refractivity contribution in [2.24, 2.45) is 0 Å². The molecule has 0 aliphatic rings. The Hall–Kier alpha value is -4.08. The van der Waals surface area contributed by atoms with E-state index in [0.717, 1.165) is 18.4 Å². The van der Waals surface area contributed by atoms with Crippen LogP contribution in [-0.4, -0.2) is 25.0 Å². The number of halogens is 1. The van der Waals surface area contributed by atoms with Gasteiger partial charge in [-0.1, -0.05) is 65.7 Å². The van der Waals surface area contributed by atoms with Crippen molar-refractivity contribution in [1.29, 1.82) is 5.26 Å². The van der Waals surface area contributed by atoms with Crippen LogP contribution in [0.2, 0.25) is 5.02 Å². The molecule has 0 fully saturated rings.